The van der Waals surface area contributed by atoms with Crippen LogP contribution in [-0.2, 0) is 11.3 Å². The van der Waals surface area contributed by atoms with E-state index in [1.807, 2.05) is 30.0 Å². The number of aliphatic carboxylic acids is 1. The molecule has 1 rings (SSSR count). The molecule has 1 aromatic carbocycles. The van der Waals surface area contributed by atoms with Gasteiger partial charge in [-0.1, -0.05) is 31.2 Å². The highest BCUT2D eigenvalue weighted by Crippen LogP contribution is 2.12. The number of hydrogen-bond acceptors (Lipinski definition) is 2. The van der Waals surface area contributed by atoms with E-state index in [1.54, 1.807) is 6.92 Å². The first kappa shape index (κ1) is 12.7. The van der Waals surface area contributed by atoms with Gasteiger partial charge in [-0.15, -0.1) is 0 Å². The van der Waals surface area contributed by atoms with Crippen LogP contribution >= 0.6 is 0 Å². The highest BCUT2D eigenvalue weighted by Gasteiger charge is 2.19. The third-order valence-corrected chi connectivity index (χ3v) is 2.95. The summed E-state index contributed by atoms with van der Waals surface area (Å²) < 4.78 is 0. The Bertz CT molecular complexity index is 363. The third kappa shape index (κ3) is 3.07. The van der Waals surface area contributed by atoms with E-state index in [-0.39, 0.29) is 0 Å². The van der Waals surface area contributed by atoms with Gasteiger partial charge < -0.3 is 5.11 Å². The maximum absolute atomic E-state index is 10.9. The average molecular weight is 221 g/mol. The van der Waals surface area contributed by atoms with Gasteiger partial charge in [0, 0.05) is 6.54 Å². The molecule has 0 amide bonds. The molecule has 3 nitrogen and oxygen atoms in total. The fraction of sp³-hybridized carbons (Fsp3) is 0.462. The molecule has 1 atom stereocenters. The number of nitrogens with zero attached hydrogens (tertiary/aromatic N) is 1. The molecular weight excluding hydrogens is 202 g/mol. The summed E-state index contributed by atoms with van der Waals surface area (Å²) >= 11 is 0. The zero-order chi connectivity index (χ0) is 12.1. The lowest BCUT2D eigenvalue weighted by atomic mass is 10.1. The van der Waals surface area contributed by atoms with Crippen LogP contribution in [0, 0.1) is 6.92 Å². The first-order valence-corrected chi connectivity index (χ1v) is 5.57. The van der Waals surface area contributed by atoms with Crippen molar-refractivity contribution in [3.63, 3.8) is 0 Å². The zero-order valence-corrected chi connectivity index (χ0v) is 10.1. The number of carbonyl (C=O) groups is 1. The normalized spacial score (nSPS) is 12.8. The molecule has 3 heteroatoms. The van der Waals surface area contributed by atoms with Gasteiger partial charge in [-0.3, -0.25) is 9.69 Å². The summed E-state index contributed by atoms with van der Waals surface area (Å²) in [5.41, 5.74) is 2.40. The minimum atomic E-state index is -0.768. The first-order chi connectivity index (χ1) is 7.56. The van der Waals surface area contributed by atoms with Crippen LogP contribution in [0.5, 0.6) is 0 Å². The van der Waals surface area contributed by atoms with Crippen molar-refractivity contribution in [3.8, 4) is 0 Å². The SMILES string of the molecule is CCN(Cc1ccccc1C)C(C)C(=O)O. The number of rotatable bonds is 5. The maximum atomic E-state index is 10.9. The van der Waals surface area contributed by atoms with Crippen molar-refractivity contribution in [2.24, 2.45) is 0 Å². The van der Waals surface area contributed by atoms with Gasteiger partial charge in [0.15, 0.2) is 0 Å². The summed E-state index contributed by atoms with van der Waals surface area (Å²) in [4.78, 5) is 12.9. The Labute approximate surface area is 96.7 Å². The number of carboxylic acids is 1. The second kappa shape index (κ2) is 5.66. The van der Waals surface area contributed by atoms with E-state index in [0.717, 1.165) is 6.54 Å². The van der Waals surface area contributed by atoms with Gasteiger partial charge in [-0.2, -0.15) is 0 Å². The predicted octanol–water partition coefficient (Wildman–Crippen LogP) is 2.29. The highest BCUT2D eigenvalue weighted by atomic mass is 16.4. The van der Waals surface area contributed by atoms with Crippen molar-refractivity contribution in [3.05, 3.63) is 35.4 Å². The van der Waals surface area contributed by atoms with E-state index >= 15 is 0 Å². The second-order valence-corrected chi connectivity index (χ2v) is 4.00. The predicted molar refractivity (Wildman–Crippen MR) is 64.4 cm³/mol. The van der Waals surface area contributed by atoms with Crippen LogP contribution in [0.25, 0.3) is 0 Å². The molecule has 0 spiro atoms. The van der Waals surface area contributed by atoms with Crippen molar-refractivity contribution >= 4 is 5.97 Å². The lowest BCUT2D eigenvalue weighted by Crippen LogP contribution is -2.38. The summed E-state index contributed by atoms with van der Waals surface area (Å²) in [6, 6.07) is 7.64. The Morgan fingerprint density at radius 3 is 2.56 bits per heavy atom. The summed E-state index contributed by atoms with van der Waals surface area (Å²) in [5, 5.41) is 8.99. The molecule has 0 aliphatic carbocycles. The van der Waals surface area contributed by atoms with Crippen LogP contribution in [0.3, 0.4) is 0 Å². The molecule has 16 heavy (non-hydrogen) atoms. The lowest BCUT2D eigenvalue weighted by Gasteiger charge is -2.25. The summed E-state index contributed by atoms with van der Waals surface area (Å²) in [7, 11) is 0. The van der Waals surface area contributed by atoms with E-state index in [2.05, 4.69) is 13.0 Å². The van der Waals surface area contributed by atoms with E-state index in [9.17, 15) is 4.79 Å². The number of hydrogen-bond donors (Lipinski definition) is 1. The molecule has 1 unspecified atom stereocenters. The molecule has 0 aliphatic rings. The Morgan fingerprint density at radius 1 is 1.44 bits per heavy atom. The smallest absolute Gasteiger partial charge is 0.320 e. The second-order valence-electron chi connectivity index (χ2n) is 4.00. The standard InChI is InChI=1S/C13H19NO2/c1-4-14(11(3)13(15)16)9-12-8-6-5-7-10(12)2/h5-8,11H,4,9H2,1-3H3,(H,15,16). The molecule has 0 aromatic heterocycles. The molecule has 0 fully saturated rings. The van der Waals surface area contributed by atoms with Gasteiger partial charge in [0.2, 0.25) is 0 Å². The van der Waals surface area contributed by atoms with Gasteiger partial charge in [-0.05, 0) is 31.5 Å². The molecule has 0 aliphatic heterocycles. The Balaban J connectivity index is 2.78. The van der Waals surface area contributed by atoms with Crippen molar-refractivity contribution in [2.75, 3.05) is 6.54 Å². The molecule has 0 saturated carbocycles. The minimum absolute atomic E-state index is 0.440. The third-order valence-electron chi connectivity index (χ3n) is 2.95. The molecule has 88 valence electrons. The maximum Gasteiger partial charge on any atom is 0.320 e. The Kier molecular flexibility index (Phi) is 4.50. The van der Waals surface area contributed by atoms with Crippen LogP contribution in [0.2, 0.25) is 0 Å². The molecule has 0 saturated heterocycles. The van der Waals surface area contributed by atoms with Gasteiger partial charge in [0.25, 0.3) is 0 Å². The minimum Gasteiger partial charge on any atom is -0.480 e. The van der Waals surface area contributed by atoms with Gasteiger partial charge in [-0.25, -0.2) is 0 Å². The fourth-order valence-electron chi connectivity index (χ4n) is 1.69. The van der Waals surface area contributed by atoms with Gasteiger partial charge in [0.1, 0.15) is 6.04 Å². The summed E-state index contributed by atoms with van der Waals surface area (Å²) in [6.45, 7) is 7.19. The van der Waals surface area contributed by atoms with Crippen LogP contribution in [0.1, 0.15) is 25.0 Å². The van der Waals surface area contributed by atoms with Crippen molar-refractivity contribution in [1.82, 2.24) is 4.90 Å². The van der Waals surface area contributed by atoms with E-state index in [4.69, 9.17) is 5.11 Å². The van der Waals surface area contributed by atoms with Gasteiger partial charge >= 0.3 is 5.97 Å². The number of benzene rings is 1. The van der Waals surface area contributed by atoms with Crippen LogP contribution in [0.15, 0.2) is 24.3 Å². The zero-order valence-electron chi connectivity index (χ0n) is 10.1. The molecular formula is C13H19NO2. The number of aryl methyl sites for hydroxylation is 1. The summed E-state index contributed by atoms with van der Waals surface area (Å²) in [5.74, 6) is -0.768. The first-order valence-electron chi connectivity index (χ1n) is 5.57. The molecule has 0 heterocycles. The molecule has 1 aromatic rings. The van der Waals surface area contributed by atoms with E-state index in [0.29, 0.717) is 6.54 Å². The van der Waals surface area contributed by atoms with Crippen molar-refractivity contribution in [2.45, 2.75) is 33.4 Å². The van der Waals surface area contributed by atoms with E-state index in [1.165, 1.54) is 11.1 Å². The van der Waals surface area contributed by atoms with Crippen molar-refractivity contribution in [1.29, 1.82) is 0 Å². The van der Waals surface area contributed by atoms with Crippen LogP contribution in [-0.4, -0.2) is 28.6 Å². The van der Waals surface area contributed by atoms with Crippen LogP contribution < -0.4 is 0 Å². The molecule has 1 N–H and O–H groups in total. The van der Waals surface area contributed by atoms with E-state index < -0.39 is 12.0 Å². The quantitative estimate of drug-likeness (QED) is 0.829. The lowest BCUT2D eigenvalue weighted by molar-refractivity contribution is -0.142. The van der Waals surface area contributed by atoms with Crippen molar-refractivity contribution < 1.29 is 9.90 Å². The molecule has 0 radical (unpaired) electrons. The number of carboxylic acid groups (broad SMARTS) is 1. The largest absolute Gasteiger partial charge is 0.480 e. The Morgan fingerprint density at radius 2 is 2.06 bits per heavy atom. The Hall–Kier alpha value is -1.35. The number of likely N-dealkylation sites (N-methyl/N-ethyl adjacent to an activating group) is 1. The average Bonchev–Trinajstić information content (AvgIpc) is 2.27. The topological polar surface area (TPSA) is 40.5 Å². The van der Waals surface area contributed by atoms with Crippen LogP contribution in [0.4, 0.5) is 0 Å². The fourth-order valence-corrected chi connectivity index (χ4v) is 1.69. The molecule has 0 bridgehead atoms. The summed E-state index contributed by atoms with van der Waals surface area (Å²) in [6.07, 6.45) is 0. The monoisotopic (exact) mass is 221 g/mol. The highest BCUT2D eigenvalue weighted by molar-refractivity contribution is 5.72. The van der Waals surface area contributed by atoms with Gasteiger partial charge in [0.05, 0.1) is 0 Å².